The van der Waals surface area contributed by atoms with Crippen molar-refractivity contribution in [3.05, 3.63) is 102 Å². The van der Waals surface area contributed by atoms with Gasteiger partial charge in [0.25, 0.3) is 5.56 Å². The van der Waals surface area contributed by atoms with Crippen LogP contribution in [0.3, 0.4) is 0 Å². The third-order valence-corrected chi connectivity index (χ3v) is 6.13. The molecule has 0 atom stereocenters. The van der Waals surface area contributed by atoms with Crippen molar-refractivity contribution in [1.29, 1.82) is 0 Å². The number of halogens is 2. The van der Waals surface area contributed by atoms with Gasteiger partial charge in [0.05, 0.1) is 17.1 Å². The van der Waals surface area contributed by atoms with Crippen LogP contribution in [0.4, 0.5) is 0 Å². The number of ether oxygens (including phenoxy) is 1. The molecule has 0 aliphatic heterocycles. The first-order chi connectivity index (χ1) is 15.9. The second kappa shape index (κ2) is 10.4. The Hall–Kier alpha value is -2.77. The zero-order valence-electron chi connectivity index (χ0n) is 18.4. The predicted molar refractivity (Wildman–Crippen MR) is 140 cm³/mol. The van der Waals surface area contributed by atoms with Gasteiger partial charge in [0.2, 0.25) is 0 Å². The van der Waals surface area contributed by atoms with Gasteiger partial charge < -0.3 is 4.74 Å². The molecule has 0 amide bonds. The van der Waals surface area contributed by atoms with Gasteiger partial charge in [-0.1, -0.05) is 68.6 Å². The first kappa shape index (κ1) is 23.4. The summed E-state index contributed by atoms with van der Waals surface area (Å²) in [4.78, 5) is 17.9. The van der Waals surface area contributed by atoms with Crippen molar-refractivity contribution in [3.8, 4) is 5.75 Å². The number of aryl methyl sites for hydroxylation is 2. The van der Waals surface area contributed by atoms with Gasteiger partial charge in [-0.15, -0.1) is 0 Å². The van der Waals surface area contributed by atoms with Gasteiger partial charge in [-0.2, -0.15) is 9.78 Å². The fourth-order valence-electron chi connectivity index (χ4n) is 3.42. The number of hydrogen-bond acceptors (Lipinski definition) is 4. The van der Waals surface area contributed by atoms with E-state index in [9.17, 15) is 4.79 Å². The zero-order chi connectivity index (χ0) is 23.4. The molecule has 0 fully saturated rings. The van der Waals surface area contributed by atoms with E-state index in [-0.39, 0.29) is 5.56 Å². The SMILES string of the molecule is CCCc1nc2ccc(Br)cc2c(=O)n1N=Cc1cc(Br)ccc1OCc1ccc(C)cc1. The molecule has 0 unspecified atom stereocenters. The summed E-state index contributed by atoms with van der Waals surface area (Å²) >= 11 is 6.96. The highest BCUT2D eigenvalue weighted by Gasteiger charge is 2.11. The number of nitrogens with zero attached hydrogens (tertiary/aromatic N) is 3. The summed E-state index contributed by atoms with van der Waals surface area (Å²) in [5.74, 6) is 1.31. The van der Waals surface area contributed by atoms with E-state index in [4.69, 9.17) is 9.72 Å². The van der Waals surface area contributed by atoms with Gasteiger partial charge in [0.1, 0.15) is 18.2 Å². The number of benzene rings is 3. The Morgan fingerprint density at radius 3 is 2.52 bits per heavy atom. The Bertz CT molecular complexity index is 1380. The Labute approximate surface area is 209 Å². The molecule has 3 aromatic carbocycles. The summed E-state index contributed by atoms with van der Waals surface area (Å²) in [6.07, 6.45) is 3.15. The molecule has 1 heterocycles. The van der Waals surface area contributed by atoms with E-state index in [0.29, 0.717) is 35.5 Å². The van der Waals surface area contributed by atoms with Gasteiger partial charge in [0.15, 0.2) is 0 Å². The van der Waals surface area contributed by atoms with Gasteiger partial charge in [-0.3, -0.25) is 4.79 Å². The highest BCUT2D eigenvalue weighted by Crippen LogP contribution is 2.23. The molecule has 1 aromatic heterocycles. The summed E-state index contributed by atoms with van der Waals surface area (Å²) in [7, 11) is 0. The molecule has 0 aliphatic rings. The largest absolute Gasteiger partial charge is 0.488 e. The lowest BCUT2D eigenvalue weighted by atomic mass is 10.1. The molecule has 4 aromatic rings. The summed E-state index contributed by atoms with van der Waals surface area (Å²) in [6, 6.07) is 19.5. The summed E-state index contributed by atoms with van der Waals surface area (Å²) in [5.41, 5.74) is 3.53. The van der Waals surface area contributed by atoms with Crippen molar-refractivity contribution in [3.63, 3.8) is 0 Å². The second-order valence-corrected chi connectivity index (χ2v) is 9.59. The monoisotopic (exact) mass is 567 g/mol. The molecular formula is C26H23Br2N3O2. The van der Waals surface area contributed by atoms with Crippen molar-refractivity contribution in [1.82, 2.24) is 9.66 Å². The van der Waals surface area contributed by atoms with Crippen LogP contribution in [0.2, 0.25) is 0 Å². The Kier molecular flexibility index (Phi) is 7.40. The van der Waals surface area contributed by atoms with Gasteiger partial charge in [-0.25, -0.2) is 4.98 Å². The Morgan fingerprint density at radius 2 is 1.76 bits per heavy atom. The highest BCUT2D eigenvalue weighted by atomic mass is 79.9. The number of aromatic nitrogens is 2. The van der Waals surface area contributed by atoms with Crippen LogP contribution in [0, 0.1) is 6.92 Å². The summed E-state index contributed by atoms with van der Waals surface area (Å²) in [6.45, 7) is 4.55. The molecule has 0 spiro atoms. The molecule has 0 aliphatic carbocycles. The van der Waals surface area contributed by atoms with Crippen molar-refractivity contribution in [2.45, 2.75) is 33.3 Å². The van der Waals surface area contributed by atoms with E-state index < -0.39 is 0 Å². The molecule has 5 nitrogen and oxygen atoms in total. The Balaban J connectivity index is 1.70. The smallest absolute Gasteiger partial charge is 0.282 e. The number of rotatable bonds is 7. The standard InChI is InChI=1S/C26H23Br2N3O2/c1-3-4-25-30-23-11-9-21(28)14-22(23)26(32)31(25)29-15-19-13-20(27)10-12-24(19)33-16-18-7-5-17(2)6-8-18/h5-15H,3-4,16H2,1-2H3. The van der Waals surface area contributed by atoms with Crippen LogP contribution in [0.5, 0.6) is 5.75 Å². The van der Waals surface area contributed by atoms with Crippen LogP contribution < -0.4 is 10.3 Å². The molecule has 168 valence electrons. The van der Waals surface area contributed by atoms with Gasteiger partial charge in [-0.05, 0) is 55.3 Å². The minimum Gasteiger partial charge on any atom is -0.488 e. The van der Waals surface area contributed by atoms with E-state index >= 15 is 0 Å². The lowest BCUT2D eigenvalue weighted by Gasteiger charge is -2.11. The zero-order valence-corrected chi connectivity index (χ0v) is 21.6. The van der Waals surface area contributed by atoms with Crippen LogP contribution >= 0.6 is 31.9 Å². The Morgan fingerprint density at radius 1 is 1.03 bits per heavy atom. The third-order valence-electron chi connectivity index (χ3n) is 5.15. The minimum absolute atomic E-state index is 0.196. The van der Waals surface area contributed by atoms with E-state index in [1.54, 1.807) is 12.3 Å². The van der Waals surface area contributed by atoms with Crippen LogP contribution in [0.25, 0.3) is 10.9 Å². The number of fused-ring (bicyclic) bond motifs is 1. The molecule has 0 radical (unpaired) electrons. The average molecular weight is 569 g/mol. The minimum atomic E-state index is -0.196. The molecule has 4 rings (SSSR count). The second-order valence-electron chi connectivity index (χ2n) is 7.76. The van der Waals surface area contributed by atoms with E-state index in [2.05, 4.69) is 75.1 Å². The molecule has 0 bridgehead atoms. The number of hydrogen-bond donors (Lipinski definition) is 0. The molecule has 0 saturated heterocycles. The van der Waals surface area contributed by atoms with Gasteiger partial charge in [0, 0.05) is 20.9 Å². The fourth-order valence-corrected chi connectivity index (χ4v) is 4.16. The lowest BCUT2D eigenvalue weighted by Crippen LogP contribution is -2.22. The quantitative estimate of drug-likeness (QED) is 0.235. The van der Waals surface area contributed by atoms with Crippen LogP contribution in [-0.4, -0.2) is 15.9 Å². The maximum atomic E-state index is 13.2. The van der Waals surface area contributed by atoms with Crippen LogP contribution in [-0.2, 0) is 13.0 Å². The van der Waals surface area contributed by atoms with Crippen molar-refractivity contribution >= 4 is 49.0 Å². The molecule has 0 N–H and O–H groups in total. The van der Waals surface area contributed by atoms with Gasteiger partial charge >= 0.3 is 0 Å². The molecular weight excluding hydrogens is 546 g/mol. The average Bonchev–Trinajstić information content (AvgIpc) is 2.80. The molecule has 33 heavy (non-hydrogen) atoms. The third kappa shape index (κ3) is 5.60. The first-order valence-corrected chi connectivity index (χ1v) is 12.3. The highest BCUT2D eigenvalue weighted by molar-refractivity contribution is 9.10. The first-order valence-electron chi connectivity index (χ1n) is 10.7. The maximum Gasteiger partial charge on any atom is 0.282 e. The van der Waals surface area contributed by atoms with E-state index in [0.717, 1.165) is 26.5 Å². The van der Waals surface area contributed by atoms with Crippen molar-refractivity contribution in [2.75, 3.05) is 0 Å². The normalized spacial score (nSPS) is 11.4. The van der Waals surface area contributed by atoms with Crippen LogP contribution in [0.15, 0.2) is 79.5 Å². The summed E-state index contributed by atoms with van der Waals surface area (Å²) in [5, 5.41) is 5.06. The lowest BCUT2D eigenvalue weighted by molar-refractivity contribution is 0.305. The van der Waals surface area contributed by atoms with Crippen molar-refractivity contribution in [2.24, 2.45) is 5.10 Å². The van der Waals surface area contributed by atoms with Crippen molar-refractivity contribution < 1.29 is 4.74 Å². The molecule has 0 saturated carbocycles. The molecule has 7 heteroatoms. The van der Waals surface area contributed by atoms with E-state index in [1.165, 1.54) is 10.2 Å². The predicted octanol–water partition coefficient (Wildman–Crippen LogP) is 6.64. The fraction of sp³-hybridized carbons (Fsp3) is 0.192. The van der Waals surface area contributed by atoms with Crippen LogP contribution in [0.1, 0.15) is 35.9 Å². The maximum absolute atomic E-state index is 13.2. The topological polar surface area (TPSA) is 56.5 Å². The summed E-state index contributed by atoms with van der Waals surface area (Å²) < 4.78 is 9.19. The van der Waals surface area contributed by atoms with E-state index in [1.807, 2.05) is 30.3 Å².